The van der Waals surface area contributed by atoms with Gasteiger partial charge in [-0.2, -0.15) is 0 Å². The highest BCUT2D eigenvalue weighted by Gasteiger charge is 2.70. The molecule has 9 heteroatoms. The molecule has 4 atom stereocenters. The molecule has 8 nitrogen and oxygen atoms in total. The number of para-hydroxylation sites is 1. The van der Waals surface area contributed by atoms with Gasteiger partial charge in [-0.15, -0.1) is 0 Å². The summed E-state index contributed by atoms with van der Waals surface area (Å²) < 4.78 is 0. The Morgan fingerprint density at radius 2 is 1.67 bits per heavy atom. The number of likely N-dealkylation sites (tertiary alicyclic amines) is 1. The van der Waals surface area contributed by atoms with Crippen LogP contribution in [0.2, 0.25) is 5.02 Å². The number of halogens is 1. The first-order valence-electron chi connectivity index (χ1n) is 11.6. The van der Waals surface area contributed by atoms with E-state index in [4.69, 9.17) is 11.6 Å². The smallest absolute Gasteiger partial charge is 0.250 e. The van der Waals surface area contributed by atoms with Crippen molar-refractivity contribution >= 4 is 35.0 Å². The van der Waals surface area contributed by atoms with Gasteiger partial charge < -0.3 is 15.5 Å². The molecular weight excluding hydrogens is 482 g/mol. The minimum absolute atomic E-state index is 0.0103. The number of imide groups is 1. The number of carbonyl (C=O) groups is 3. The van der Waals surface area contributed by atoms with Gasteiger partial charge >= 0.3 is 0 Å². The molecule has 2 fully saturated rings. The molecule has 3 heterocycles. The summed E-state index contributed by atoms with van der Waals surface area (Å²) in [5.41, 5.74) is 1.10. The predicted octanol–water partition coefficient (Wildman–Crippen LogP) is 2.91. The lowest BCUT2D eigenvalue weighted by Crippen LogP contribution is -2.53. The number of anilines is 1. The first kappa shape index (κ1) is 22.6. The van der Waals surface area contributed by atoms with Crippen LogP contribution in [0.4, 0.5) is 5.69 Å². The molecule has 0 aliphatic carbocycles. The number of amides is 3. The van der Waals surface area contributed by atoms with E-state index in [9.17, 15) is 24.6 Å². The highest BCUT2D eigenvalue weighted by atomic mass is 35.5. The fourth-order valence-corrected chi connectivity index (χ4v) is 6.09. The zero-order valence-electron chi connectivity index (χ0n) is 18.9. The van der Waals surface area contributed by atoms with Crippen LogP contribution in [0, 0.1) is 11.8 Å². The molecule has 0 aromatic heterocycles. The van der Waals surface area contributed by atoms with Crippen molar-refractivity contribution in [2.45, 2.75) is 24.5 Å². The molecule has 4 N–H and O–H groups in total. The lowest BCUT2D eigenvalue weighted by Gasteiger charge is -2.29. The zero-order chi connectivity index (χ0) is 25.2. The summed E-state index contributed by atoms with van der Waals surface area (Å²) in [6, 6.07) is 18.0. The minimum atomic E-state index is -1.41. The van der Waals surface area contributed by atoms with E-state index in [1.165, 1.54) is 17.0 Å². The molecule has 3 aliphatic heterocycles. The summed E-state index contributed by atoms with van der Waals surface area (Å²) in [6.07, 6.45) is 0.255. The van der Waals surface area contributed by atoms with Crippen molar-refractivity contribution in [2.75, 3.05) is 5.32 Å². The van der Waals surface area contributed by atoms with E-state index in [-0.39, 0.29) is 36.3 Å². The van der Waals surface area contributed by atoms with E-state index in [1.807, 2.05) is 0 Å². The lowest BCUT2D eigenvalue weighted by molar-refractivity contribution is -0.143. The van der Waals surface area contributed by atoms with Gasteiger partial charge in [0.1, 0.15) is 5.54 Å². The molecule has 6 rings (SSSR count). The van der Waals surface area contributed by atoms with Gasteiger partial charge in [0.05, 0.1) is 18.4 Å². The summed E-state index contributed by atoms with van der Waals surface area (Å²) in [5.74, 6) is -3.49. The number of nitrogens with zero attached hydrogens (tertiary/aromatic N) is 1. The van der Waals surface area contributed by atoms with Crippen molar-refractivity contribution in [2.24, 2.45) is 11.8 Å². The number of aromatic hydroxyl groups is 2. The Hall–Kier alpha value is -3.88. The second-order valence-electron chi connectivity index (χ2n) is 9.44. The zero-order valence-corrected chi connectivity index (χ0v) is 19.7. The third-order valence-electron chi connectivity index (χ3n) is 7.50. The lowest BCUT2D eigenvalue weighted by atomic mass is 9.76. The maximum atomic E-state index is 13.9. The Morgan fingerprint density at radius 1 is 0.917 bits per heavy atom. The van der Waals surface area contributed by atoms with Crippen LogP contribution in [0.3, 0.4) is 0 Å². The molecule has 3 aromatic carbocycles. The van der Waals surface area contributed by atoms with Gasteiger partial charge in [-0.3, -0.25) is 24.6 Å². The van der Waals surface area contributed by atoms with E-state index in [1.54, 1.807) is 54.6 Å². The highest BCUT2D eigenvalue weighted by Crippen LogP contribution is 2.53. The molecule has 3 aliphatic rings. The number of nitrogens with one attached hydrogen (secondary N) is 2. The molecule has 2 saturated heterocycles. The molecule has 1 spiro atoms. The van der Waals surface area contributed by atoms with Crippen LogP contribution >= 0.6 is 11.6 Å². The molecular formula is C27H22ClN3O5. The number of phenols is 2. The normalized spacial score (nSPS) is 26.4. The van der Waals surface area contributed by atoms with E-state index >= 15 is 0 Å². The third-order valence-corrected chi connectivity index (χ3v) is 7.86. The maximum absolute atomic E-state index is 13.9. The van der Waals surface area contributed by atoms with Gasteiger partial charge in [0.2, 0.25) is 17.7 Å². The van der Waals surface area contributed by atoms with E-state index < -0.39 is 29.3 Å². The number of carbonyl (C=O) groups excluding carboxylic acids is 3. The van der Waals surface area contributed by atoms with Crippen molar-refractivity contribution in [1.29, 1.82) is 0 Å². The number of fused-ring (bicyclic) bond motifs is 4. The van der Waals surface area contributed by atoms with Crippen molar-refractivity contribution in [1.82, 2.24) is 10.2 Å². The molecule has 36 heavy (non-hydrogen) atoms. The number of benzene rings is 3. The summed E-state index contributed by atoms with van der Waals surface area (Å²) in [4.78, 5) is 42.4. The summed E-state index contributed by atoms with van der Waals surface area (Å²) in [7, 11) is 0. The standard InChI is InChI=1S/C27H22ClN3O5/c28-17-7-3-1-5-15(17)13-31-24(34)22-19(11-14-9-10-20(32)21(33)12-14)30-27(23(22)25(31)35)16-6-2-4-8-18(16)29-26(27)36/h1-10,12,19,22-23,30,32-33H,11,13H2,(H,29,36)/t19-,22-,23+,27+/m1/s1. The SMILES string of the molecule is O=C1[C@H]2[C@@H](C(=O)N1Cc1ccccc1Cl)[C@]1(N[C@@H]2Cc2ccc(O)c(O)c2)C(=O)Nc2ccccc21. The fourth-order valence-electron chi connectivity index (χ4n) is 5.90. The Bertz CT molecular complexity index is 1440. The number of phenolic OH excluding ortho intramolecular Hbond substituents is 2. The van der Waals surface area contributed by atoms with Crippen LogP contribution in [-0.4, -0.2) is 38.9 Å². The molecule has 182 valence electrons. The van der Waals surface area contributed by atoms with Gasteiger partial charge in [0, 0.05) is 22.3 Å². The van der Waals surface area contributed by atoms with Crippen LogP contribution in [0.15, 0.2) is 66.7 Å². The monoisotopic (exact) mass is 503 g/mol. The average Bonchev–Trinajstić information content (AvgIpc) is 3.43. The van der Waals surface area contributed by atoms with Crippen LogP contribution < -0.4 is 10.6 Å². The van der Waals surface area contributed by atoms with Crippen LogP contribution in [-0.2, 0) is 32.9 Å². The maximum Gasteiger partial charge on any atom is 0.250 e. The molecule has 0 saturated carbocycles. The van der Waals surface area contributed by atoms with Gasteiger partial charge in [-0.25, -0.2) is 0 Å². The topological polar surface area (TPSA) is 119 Å². The Morgan fingerprint density at radius 3 is 2.44 bits per heavy atom. The summed E-state index contributed by atoms with van der Waals surface area (Å²) >= 11 is 6.32. The first-order valence-corrected chi connectivity index (χ1v) is 12.0. The second kappa shape index (κ2) is 8.08. The highest BCUT2D eigenvalue weighted by molar-refractivity contribution is 6.31. The quantitative estimate of drug-likeness (QED) is 0.321. The number of hydrogen-bond donors (Lipinski definition) is 4. The van der Waals surface area contributed by atoms with Crippen molar-refractivity contribution < 1.29 is 24.6 Å². The second-order valence-corrected chi connectivity index (χ2v) is 9.85. The van der Waals surface area contributed by atoms with Crippen LogP contribution in [0.1, 0.15) is 16.7 Å². The van der Waals surface area contributed by atoms with Crippen molar-refractivity contribution in [3.8, 4) is 11.5 Å². The van der Waals surface area contributed by atoms with Gasteiger partial charge in [0.25, 0.3) is 0 Å². The largest absolute Gasteiger partial charge is 0.504 e. The molecule has 0 unspecified atom stereocenters. The van der Waals surface area contributed by atoms with E-state index in [0.717, 1.165) is 0 Å². The van der Waals surface area contributed by atoms with E-state index in [0.29, 0.717) is 27.4 Å². The number of hydrogen-bond acceptors (Lipinski definition) is 6. The average molecular weight is 504 g/mol. The summed E-state index contributed by atoms with van der Waals surface area (Å²) in [6.45, 7) is 0.0103. The Labute approximate surface area is 211 Å². The minimum Gasteiger partial charge on any atom is -0.504 e. The third kappa shape index (κ3) is 3.14. The van der Waals surface area contributed by atoms with Crippen LogP contribution in [0.5, 0.6) is 11.5 Å². The first-order chi connectivity index (χ1) is 17.3. The molecule has 3 amide bonds. The molecule has 0 bridgehead atoms. The molecule has 0 radical (unpaired) electrons. The van der Waals surface area contributed by atoms with E-state index in [2.05, 4.69) is 10.6 Å². The van der Waals surface area contributed by atoms with Gasteiger partial charge in [0.15, 0.2) is 11.5 Å². The van der Waals surface area contributed by atoms with Crippen molar-refractivity contribution in [3.63, 3.8) is 0 Å². The molecule has 3 aromatic rings. The van der Waals surface area contributed by atoms with Gasteiger partial charge in [-0.1, -0.05) is 54.1 Å². The van der Waals surface area contributed by atoms with Crippen LogP contribution in [0.25, 0.3) is 0 Å². The Kier molecular flexibility index (Phi) is 5.07. The number of rotatable bonds is 4. The van der Waals surface area contributed by atoms with Gasteiger partial charge in [-0.05, 0) is 41.8 Å². The fraction of sp³-hybridized carbons (Fsp3) is 0.222. The predicted molar refractivity (Wildman–Crippen MR) is 131 cm³/mol. The Balaban J connectivity index is 1.44. The summed E-state index contributed by atoms with van der Waals surface area (Å²) in [5, 5.41) is 26.4. The van der Waals surface area contributed by atoms with Crippen molar-refractivity contribution in [3.05, 3.63) is 88.4 Å².